The van der Waals surface area contributed by atoms with E-state index in [2.05, 4.69) is 10.3 Å². The summed E-state index contributed by atoms with van der Waals surface area (Å²) >= 11 is 1.77. The summed E-state index contributed by atoms with van der Waals surface area (Å²) in [5.74, 6) is 1.17. The van der Waals surface area contributed by atoms with Gasteiger partial charge in [0.05, 0.1) is 0 Å². The standard InChI is InChI=1S/C10H17FN2S/c11-5-6-12-9-13-7-10(8-14-9)3-1-2-4-10/h1-8H2,(H,12,13). The van der Waals surface area contributed by atoms with E-state index in [9.17, 15) is 4.39 Å². The van der Waals surface area contributed by atoms with Crippen molar-refractivity contribution in [1.82, 2.24) is 5.32 Å². The molecule has 4 heteroatoms. The molecule has 2 rings (SSSR count). The largest absolute Gasteiger partial charge is 0.362 e. The monoisotopic (exact) mass is 216 g/mol. The van der Waals surface area contributed by atoms with Crippen LogP contribution in [0.15, 0.2) is 4.99 Å². The first-order valence-corrected chi connectivity index (χ1v) is 6.30. The summed E-state index contributed by atoms with van der Waals surface area (Å²) in [4.78, 5) is 4.50. The fourth-order valence-corrected chi connectivity index (χ4v) is 3.42. The average Bonchev–Trinajstić information content (AvgIpc) is 2.66. The number of alkyl halides is 1. The SMILES string of the molecule is FCCNC1=NCC2(CCCC2)CS1. The van der Waals surface area contributed by atoms with Crippen molar-refractivity contribution in [3.8, 4) is 0 Å². The Labute approximate surface area is 88.7 Å². The Morgan fingerprint density at radius 2 is 2.21 bits per heavy atom. The van der Waals surface area contributed by atoms with Gasteiger partial charge >= 0.3 is 0 Å². The Hall–Kier alpha value is -0.250. The Morgan fingerprint density at radius 1 is 1.43 bits per heavy atom. The Kier molecular flexibility index (Phi) is 3.31. The molecule has 0 atom stereocenters. The predicted molar refractivity (Wildman–Crippen MR) is 59.6 cm³/mol. The molecule has 2 nitrogen and oxygen atoms in total. The molecule has 0 aromatic heterocycles. The molecule has 0 aromatic rings. The van der Waals surface area contributed by atoms with Crippen LogP contribution in [0.3, 0.4) is 0 Å². The first kappa shape index (κ1) is 10.3. The lowest BCUT2D eigenvalue weighted by atomic mass is 9.89. The van der Waals surface area contributed by atoms with E-state index >= 15 is 0 Å². The molecule has 0 saturated heterocycles. The number of rotatable bonds is 2. The van der Waals surface area contributed by atoms with Crippen LogP contribution in [0.2, 0.25) is 0 Å². The van der Waals surface area contributed by atoms with E-state index in [1.807, 2.05) is 0 Å². The van der Waals surface area contributed by atoms with Crippen LogP contribution in [-0.2, 0) is 0 Å². The van der Waals surface area contributed by atoms with E-state index < -0.39 is 0 Å². The summed E-state index contributed by atoms with van der Waals surface area (Å²) in [6.07, 6.45) is 5.40. The molecule has 0 aromatic carbocycles. The molecule has 1 heterocycles. The number of nitrogens with zero attached hydrogens (tertiary/aromatic N) is 1. The van der Waals surface area contributed by atoms with E-state index in [4.69, 9.17) is 0 Å². The van der Waals surface area contributed by atoms with Gasteiger partial charge in [0.2, 0.25) is 0 Å². The van der Waals surface area contributed by atoms with E-state index in [1.165, 1.54) is 31.4 Å². The zero-order valence-corrected chi connectivity index (χ0v) is 9.21. The molecule has 0 bridgehead atoms. The van der Waals surface area contributed by atoms with Crippen LogP contribution in [-0.4, -0.2) is 30.7 Å². The van der Waals surface area contributed by atoms with Gasteiger partial charge in [-0.25, -0.2) is 4.39 Å². The van der Waals surface area contributed by atoms with E-state index in [0.717, 1.165) is 11.7 Å². The van der Waals surface area contributed by atoms with Crippen molar-refractivity contribution < 1.29 is 4.39 Å². The Balaban J connectivity index is 1.86. The summed E-state index contributed by atoms with van der Waals surface area (Å²) in [5.41, 5.74) is 0.492. The lowest BCUT2D eigenvalue weighted by Crippen LogP contribution is -2.34. The summed E-state index contributed by atoms with van der Waals surface area (Å²) in [7, 11) is 0. The van der Waals surface area contributed by atoms with Crippen LogP contribution < -0.4 is 5.32 Å². The Bertz CT molecular complexity index is 224. The van der Waals surface area contributed by atoms with Crippen LogP contribution in [0, 0.1) is 5.41 Å². The number of hydrogen-bond acceptors (Lipinski definition) is 3. The third-order valence-electron chi connectivity index (χ3n) is 3.11. The first-order valence-electron chi connectivity index (χ1n) is 5.32. The maximum atomic E-state index is 11.9. The van der Waals surface area contributed by atoms with Gasteiger partial charge in [-0.05, 0) is 18.3 Å². The second kappa shape index (κ2) is 4.51. The first-order chi connectivity index (χ1) is 6.85. The molecular formula is C10H17FN2S. The van der Waals surface area contributed by atoms with Gasteiger partial charge in [-0.2, -0.15) is 0 Å². The molecule has 1 spiro atoms. The molecule has 1 N–H and O–H groups in total. The molecule has 1 saturated carbocycles. The fourth-order valence-electron chi connectivity index (χ4n) is 2.24. The molecule has 1 aliphatic heterocycles. The average molecular weight is 216 g/mol. The van der Waals surface area contributed by atoms with E-state index in [1.54, 1.807) is 11.8 Å². The summed E-state index contributed by atoms with van der Waals surface area (Å²) in [6, 6.07) is 0. The third kappa shape index (κ3) is 2.22. The molecule has 0 unspecified atom stereocenters. The second-order valence-corrected chi connectivity index (χ2v) is 5.20. The molecule has 14 heavy (non-hydrogen) atoms. The van der Waals surface area contributed by atoms with Gasteiger partial charge in [-0.1, -0.05) is 24.6 Å². The minimum absolute atomic E-state index is 0.315. The number of aliphatic imine (C=N–C) groups is 1. The number of halogens is 1. The van der Waals surface area contributed by atoms with Gasteiger partial charge in [0, 0.05) is 18.8 Å². The van der Waals surface area contributed by atoms with Crippen LogP contribution in [0.5, 0.6) is 0 Å². The molecule has 1 fully saturated rings. The minimum atomic E-state index is -0.315. The fraction of sp³-hybridized carbons (Fsp3) is 0.900. The predicted octanol–water partition coefficient (Wildman–Crippen LogP) is 2.21. The van der Waals surface area contributed by atoms with Crippen molar-refractivity contribution in [2.75, 3.05) is 25.5 Å². The van der Waals surface area contributed by atoms with Crippen molar-refractivity contribution in [3.05, 3.63) is 0 Å². The molecule has 0 radical (unpaired) electrons. The van der Waals surface area contributed by atoms with Crippen LogP contribution in [0.1, 0.15) is 25.7 Å². The van der Waals surface area contributed by atoms with E-state index in [0.29, 0.717) is 12.0 Å². The van der Waals surface area contributed by atoms with Crippen LogP contribution in [0.4, 0.5) is 4.39 Å². The highest BCUT2D eigenvalue weighted by atomic mass is 32.2. The number of hydrogen-bond donors (Lipinski definition) is 1. The number of amidine groups is 1. The second-order valence-electron chi connectivity index (χ2n) is 4.23. The molecule has 0 amide bonds. The van der Waals surface area contributed by atoms with Gasteiger partial charge in [0.1, 0.15) is 6.67 Å². The van der Waals surface area contributed by atoms with E-state index in [-0.39, 0.29) is 6.67 Å². The van der Waals surface area contributed by atoms with Crippen molar-refractivity contribution in [2.24, 2.45) is 10.4 Å². The molecule has 1 aliphatic carbocycles. The normalized spacial score (nSPS) is 25.1. The molecule has 80 valence electrons. The molecular weight excluding hydrogens is 199 g/mol. The third-order valence-corrected chi connectivity index (χ3v) is 4.41. The number of nitrogens with one attached hydrogen (secondary N) is 1. The van der Waals surface area contributed by atoms with Crippen molar-refractivity contribution in [2.45, 2.75) is 25.7 Å². The van der Waals surface area contributed by atoms with Gasteiger partial charge in [0.25, 0.3) is 0 Å². The summed E-state index contributed by atoms with van der Waals surface area (Å²) < 4.78 is 11.9. The van der Waals surface area contributed by atoms with Gasteiger partial charge in [0.15, 0.2) is 5.17 Å². The summed E-state index contributed by atoms with van der Waals surface area (Å²) in [5, 5.41) is 3.96. The molecule has 2 aliphatic rings. The van der Waals surface area contributed by atoms with Gasteiger partial charge in [-0.15, -0.1) is 0 Å². The minimum Gasteiger partial charge on any atom is -0.362 e. The number of thioether (sulfide) groups is 1. The maximum Gasteiger partial charge on any atom is 0.156 e. The highest BCUT2D eigenvalue weighted by Gasteiger charge is 2.36. The van der Waals surface area contributed by atoms with Crippen molar-refractivity contribution in [1.29, 1.82) is 0 Å². The van der Waals surface area contributed by atoms with Gasteiger partial charge in [-0.3, -0.25) is 4.99 Å². The zero-order valence-electron chi connectivity index (χ0n) is 8.39. The zero-order chi connectivity index (χ0) is 9.86. The maximum absolute atomic E-state index is 11.9. The van der Waals surface area contributed by atoms with Crippen molar-refractivity contribution in [3.63, 3.8) is 0 Å². The van der Waals surface area contributed by atoms with Crippen LogP contribution >= 0.6 is 11.8 Å². The highest BCUT2D eigenvalue weighted by Crippen LogP contribution is 2.43. The Morgan fingerprint density at radius 3 is 2.79 bits per heavy atom. The topological polar surface area (TPSA) is 24.4 Å². The lowest BCUT2D eigenvalue weighted by Gasteiger charge is -2.30. The van der Waals surface area contributed by atoms with Crippen LogP contribution in [0.25, 0.3) is 0 Å². The van der Waals surface area contributed by atoms with Gasteiger partial charge < -0.3 is 5.32 Å². The summed E-state index contributed by atoms with van der Waals surface area (Å²) in [6.45, 7) is 1.04. The quantitative estimate of drug-likeness (QED) is 0.765. The smallest absolute Gasteiger partial charge is 0.156 e. The highest BCUT2D eigenvalue weighted by molar-refractivity contribution is 8.13. The lowest BCUT2D eigenvalue weighted by molar-refractivity contribution is 0.358. The van der Waals surface area contributed by atoms with Crippen molar-refractivity contribution >= 4 is 16.9 Å².